The Morgan fingerprint density at radius 2 is 1.22 bits per heavy atom. The fourth-order valence-corrected chi connectivity index (χ4v) is 0.589. The van der Waals surface area contributed by atoms with Gasteiger partial charge in [0.25, 0.3) is 0 Å². The number of carboxylic acid groups (broad SMARTS) is 2. The van der Waals surface area contributed by atoms with Crippen LogP contribution in [0.3, 0.4) is 0 Å². The van der Waals surface area contributed by atoms with E-state index in [1.165, 1.54) is 5.56 Å². The van der Waals surface area contributed by atoms with Crippen molar-refractivity contribution in [3.8, 4) is 0 Å². The molecule has 0 aliphatic carbocycles. The van der Waals surface area contributed by atoms with Crippen molar-refractivity contribution >= 4 is 18.0 Å². The highest BCUT2D eigenvalue weighted by atomic mass is 16.4. The third kappa shape index (κ3) is 15.8. The molecule has 0 aromatic heterocycles. The summed E-state index contributed by atoms with van der Waals surface area (Å²) in [6, 6.07) is 10.0. The van der Waals surface area contributed by atoms with E-state index in [-0.39, 0.29) is 0 Å². The van der Waals surface area contributed by atoms with Crippen molar-refractivity contribution in [3.05, 3.63) is 67.8 Å². The highest BCUT2D eigenvalue weighted by molar-refractivity contribution is 5.79. The molecule has 0 spiro atoms. The Hall–Kier alpha value is -2.62. The molecule has 0 fully saturated rings. The summed E-state index contributed by atoms with van der Waals surface area (Å²) in [6.45, 7) is 9.55. The van der Waals surface area contributed by atoms with Gasteiger partial charge in [-0.3, -0.25) is 0 Å². The van der Waals surface area contributed by atoms with Crippen molar-refractivity contribution in [1.82, 2.24) is 0 Å². The minimum absolute atomic E-state index is 0.833. The third-order valence-electron chi connectivity index (χ3n) is 1.38. The van der Waals surface area contributed by atoms with E-state index in [1.54, 1.807) is 0 Å². The van der Waals surface area contributed by atoms with Gasteiger partial charge in [0.05, 0.1) is 0 Å². The summed E-state index contributed by atoms with van der Waals surface area (Å²) >= 11 is 0. The van der Waals surface area contributed by atoms with Gasteiger partial charge in [-0.15, -0.1) is 0 Å². The van der Waals surface area contributed by atoms with E-state index in [1.807, 2.05) is 36.4 Å². The van der Waals surface area contributed by atoms with Gasteiger partial charge in [-0.25, -0.2) is 9.59 Å². The summed E-state index contributed by atoms with van der Waals surface area (Å²) in [4.78, 5) is 18.5. The second-order valence-electron chi connectivity index (χ2n) is 2.70. The van der Waals surface area contributed by atoms with Gasteiger partial charge in [0.2, 0.25) is 0 Å². The Balaban J connectivity index is 0. The molecule has 0 bridgehead atoms. The van der Waals surface area contributed by atoms with Gasteiger partial charge >= 0.3 is 11.9 Å². The Kier molecular flexibility index (Phi) is 12.3. The molecule has 0 heterocycles. The number of hydrogen-bond acceptors (Lipinski definition) is 2. The lowest BCUT2D eigenvalue weighted by Gasteiger charge is -1.85. The minimum atomic E-state index is -0.981. The smallest absolute Gasteiger partial charge is 0.327 e. The van der Waals surface area contributed by atoms with Gasteiger partial charge in [0.1, 0.15) is 0 Å². The average molecular weight is 248 g/mol. The van der Waals surface area contributed by atoms with Crippen LogP contribution in [0.1, 0.15) is 5.56 Å². The molecule has 1 rings (SSSR count). The van der Waals surface area contributed by atoms with Crippen LogP contribution in [0.2, 0.25) is 0 Å². The number of aliphatic carboxylic acids is 2. The van der Waals surface area contributed by atoms with Crippen molar-refractivity contribution in [2.24, 2.45) is 0 Å². The SMILES string of the molecule is C=CC(=O)O.C=CC(=O)O.C=Cc1ccccc1. The molecule has 4 nitrogen and oxygen atoms in total. The molecule has 1 aromatic rings. The van der Waals surface area contributed by atoms with Crippen LogP contribution >= 0.6 is 0 Å². The topological polar surface area (TPSA) is 74.6 Å². The first-order valence-corrected chi connectivity index (χ1v) is 4.86. The molecule has 1 aromatic carbocycles. The first-order valence-electron chi connectivity index (χ1n) is 4.86. The van der Waals surface area contributed by atoms with Crippen LogP contribution < -0.4 is 0 Å². The molecular weight excluding hydrogens is 232 g/mol. The highest BCUT2D eigenvalue weighted by Gasteiger charge is 1.76. The second-order valence-corrected chi connectivity index (χ2v) is 2.70. The Morgan fingerprint density at radius 1 is 0.889 bits per heavy atom. The lowest BCUT2D eigenvalue weighted by atomic mass is 10.2. The molecule has 96 valence electrons. The quantitative estimate of drug-likeness (QED) is 0.806. The predicted molar refractivity (Wildman–Crippen MR) is 72.2 cm³/mol. The maximum atomic E-state index is 9.25. The molecule has 0 amide bonds. The fourth-order valence-electron chi connectivity index (χ4n) is 0.589. The van der Waals surface area contributed by atoms with Crippen LogP contribution in [0.15, 0.2) is 62.2 Å². The van der Waals surface area contributed by atoms with E-state index in [2.05, 4.69) is 19.7 Å². The maximum absolute atomic E-state index is 9.25. The maximum Gasteiger partial charge on any atom is 0.327 e. The van der Waals surface area contributed by atoms with Crippen LogP contribution in [0.5, 0.6) is 0 Å². The molecule has 0 aliphatic rings. The summed E-state index contributed by atoms with van der Waals surface area (Å²) in [7, 11) is 0. The summed E-state index contributed by atoms with van der Waals surface area (Å²) in [5.41, 5.74) is 1.17. The monoisotopic (exact) mass is 248 g/mol. The fraction of sp³-hybridized carbons (Fsp3) is 0. The van der Waals surface area contributed by atoms with Gasteiger partial charge in [-0.2, -0.15) is 0 Å². The van der Waals surface area contributed by atoms with Crippen LogP contribution in [0.4, 0.5) is 0 Å². The lowest BCUT2D eigenvalue weighted by Crippen LogP contribution is -1.82. The highest BCUT2D eigenvalue weighted by Crippen LogP contribution is 1.97. The summed E-state index contributed by atoms with van der Waals surface area (Å²) in [5.74, 6) is -1.96. The Labute approximate surface area is 106 Å². The first-order chi connectivity index (χ1) is 8.47. The standard InChI is InChI=1S/C8H8.2C3H4O2/c1-2-8-6-4-3-5-7-8;2*1-2-3(4)5/h2-7H,1H2;2*2H,1H2,(H,4,5). The Morgan fingerprint density at radius 3 is 1.39 bits per heavy atom. The minimum Gasteiger partial charge on any atom is -0.478 e. The average Bonchev–Trinajstić information content (AvgIpc) is 2.41. The molecule has 0 saturated heterocycles. The molecule has 2 N–H and O–H groups in total. The number of rotatable bonds is 3. The van der Waals surface area contributed by atoms with Crippen LogP contribution in [0.25, 0.3) is 6.08 Å². The second kappa shape index (κ2) is 12.4. The molecule has 0 unspecified atom stereocenters. The number of hydrogen-bond donors (Lipinski definition) is 2. The van der Waals surface area contributed by atoms with Crippen molar-refractivity contribution in [2.75, 3.05) is 0 Å². The van der Waals surface area contributed by atoms with Crippen molar-refractivity contribution in [1.29, 1.82) is 0 Å². The first kappa shape index (κ1) is 17.8. The largest absolute Gasteiger partial charge is 0.478 e. The zero-order valence-electron chi connectivity index (χ0n) is 9.95. The Bertz CT molecular complexity index is 376. The van der Waals surface area contributed by atoms with Gasteiger partial charge in [-0.1, -0.05) is 56.1 Å². The molecule has 0 atom stereocenters. The van der Waals surface area contributed by atoms with Crippen molar-refractivity contribution in [2.45, 2.75) is 0 Å². The van der Waals surface area contributed by atoms with Crippen LogP contribution in [-0.4, -0.2) is 22.2 Å². The van der Waals surface area contributed by atoms with Crippen molar-refractivity contribution in [3.63, 3.8) is 0 Å². The molecule has 18 heavy (non-hydrogen) atoms. The molecule has 0 radical (unpaired) electrons. The van der Waals surface area contributed by atoms with E-state index < -0.39 is 11.9 Å². The normalized spacial score (nSPS) is 7.33. The van der Waals surface area contributed by atoms with Crippen LogP contribution in [0, 0.1) is 0 Å². The number of carboxylic acids is 2. The van der Waals surface area contributed by atoms with Gasteiger partial charge < -0.3 is 10.2 Å². The van der Waals surface area contributed by atoms with E-state index in [0.717, 1.165) is 12.2 Å². The summed E-state index contributed by atoms with van der Waals surface area (Å²) < 4.78 is 0. The third-order valence-corrected chi connectivity index (χ3v) is 1.38. The number of carbonyl (C=O) groups is 2. The van der Waals surface area contributed by atoms with E-state index >= 15 is 0 Å². The summed E-state index contributed by atoms with van der Waals surface area (Å²) in [6.07, 6.45) is 3.50. The predicted octanol–water partition coefficient (Wildman–Crippen LogP) is 2.84. The zero-order chi connectivity index (χ0) is 14.4. The van der Waals surface area contributed by atoms with Gasteiger partial charge in [0.15, 0.2) is 0 Å². The van der Waals surface area contributed by atoms with E-state index in [0.29, 0.717) is 0 Å². The zero-order valence-corrected chi connectivity index (χ0v) is 9.95. The molecule has 4 heteroatoms. The molecule has 0 saturated carbocycles. The summed E-state index contributed by atoms with van der Waals surface area (Å²) in [5, 5.41) is 15.2. The number of benzene rings is 1. The van der Waals surface area contributed by atoms with Crippen LogP contribution in [-0.2, 0) is 9.59 Å². The van der Waals surface area contributed by atoms with E-state index in [9.17, 15) is 9.59 Å². The van der Waals surface area contributed by atoms with Gasteiger partial charge in [0, 0.05) is 12.2 Å². The lowest BCUT2D eigenvalue weighted by molar-refractivity contribution is -0.132. The molecule has 0 aliphatic heterocycles. The molecular formula is C14H16O4. The van der Waals surface area contributed by atoms with Crippen molar-refractivity contribution < 1.29 is 19.8 Å². The van der Waals surface area contributed by atoms with Gasteiger partial charge in [-0.05, 0) is 5.56 Å². The van der Waals surface area contributed by atoms with E-state index in [4.69, 9.17) is 10.2 Å².